The molecule has 0 aromatic carbocycles. The molecule has 4 nitrogen and oxygen atoms in total. The first-order chi connectivity index (χ1) is 6.50. The van der Waals surface area contributed by atoms with Crippen LogP contribution in [0.1, 0.15) is 5.82 Å². The summed E-state index contributed by atoms with van der Waals surface area (Å²) < 4.78 is 30.9. The Morgan fingerprint density at radius 2 is 2.00 bits per heavy atom. The first kappa shape index (κ1) is 11.2. The molecule has 14 heavy (non-hydrogen) atoms. The van der Waals surface area contributed by atoms with Crippen molar-refractivity contribution in [2.24, 2.45) is 0 Å². The Morgan fingerprint density at radius 1 is 1.43 bits per heavy atom. The van der Waals surface area contributed by atoms with Crippen LogP contribution < -0.4 is 5.73 Å². The van der Waals surface area contributed by atoms with E-state index in [2.05, 4.69) is 22.8 Å². The Hall–Kier alpha value is -0.920. The summed E-state index contributed by atoms with van der Waals surface area (Å²) in [6.07, 6.45) is 0.882. The minimum atomic E-state index is -3.67. The molecule has 2 heterocycles. The largest absolute Gasteiger partial charge is 0.379 e. The lowest BCUT2D eigenvalue weighted by atomic mass is 10.3. The highest BCUT2D eigenvalue weighted by atomic mass is 32.1. The van der Waals surface area contributed by atoms with Crippen molar-refractivity contribution < 1.29 is 13.2 Å². The second-order valence-electron chi connectivity index (χ2n) is 2.69. The van der Waals surface area contributed by atoms with Crippen molar-refractivity contribution in [1.82, 2.24) is 14.8 Å². The lowest BCUT2D eigenvalue weighted by Crippen LogP contribution is -2.04. The number of nitrogens with two attached hydrogens (primary N) is 1. The van der Waals surface area contributed by atoms with Gasteiger partial charge in [-0.3, -0.25) is 4.57 Å². The molecule has 8 heteroatoms. The van der Waals surface area contributed by atoms with Crippen LogP contribution in [0.25, 0.3) is 0 Å². The molecule has 0 saturated carbocycles. The lowest BCUT2D eigenvalue weighted by molar-refractivity contribution is 0.00819. The fourth-order valence-corrected chi connectivity index (χ4v) is 1.51. The van der Waals surface area contributed by atoms with Crippen LogP contribution in [0.15, 0.2) is 0 Å². The van der Waals surface area contributed by atoms with E-state index in [1.807, 2.05) is 4.57 Å². The topological polar surface area (TPSA) is 56.7 Å². The Balaban J connectivity index is 0.000000213. The average Bonchev–Trinajstić information content (AvgIpc) is 2.53. The minimum absolute atomic E-state index is 0.368. The number of halogens is 3. The fourth-order valence-electron chi connectivity index (χ4n) is 1.19. The molecular formula is C6H9F3N4S. The van der Waals surface area contributed by atoms with E-state index in [-0.39, 0.29) is 0 Å². The Bertz CT molecular complexity index is 301. The minimum Gasteiger partial charge on any atom is -0.368 e. The molecule has 0 saturated heterocycles. The predicted molar refractivity (Wildman–Crippen MR) is 48.0 cm³/mol. The van der Waals surface area contributed by atoms with E-state index < -0.39 is 6.68 Å². The summed E-state index contributed by atoms with van der Waals surface area (Å²) in [4.78, 5) is 0. The molecule has 0 bridgehead atoms. The number of aromatic nitrogens is 3. The van der Waals surface area contributed by atoms with Crippen molar-refractivity contribution in [1.29, 1.82) is 0 Å². The number of fused-ring (bicyclic) bond motifs is 1. The SMILES string of the molecule is FC(F)F.Nc1nnc2n1CC(S)C2. The zero-order chi connectivity index (χ0) is 10.7. The van der Waals surface area contributed by atoms with E-state index in [9.17, 15) is 13.2 Å². The van der Waals surface area contributed by atoms with Crippen LogP contribution in [0.2, 0.25) is 0 Å². The molecule has 0 spiro atoms. The van der Waals surface area contributed by atoms with Crippen molar-refractivity contribution in [3.8, 4) is 0 Å². The number of thiol groups is 1. The van der Waals surface area contributed by atoms with E-state index in [4.69, 9.17) is 5.73 Å². The van der Waals surface area contributed by atoms with Gasteiger partial charge in [0.25, 0.3) is 0 Å². The number of nitrogen functional groups attached to an aromatic ring is 1. The van der Waals surface area contributed by atoms with E-state index in [1.54, 1.807) is 0 Å². The normalized spacial score (nSPS) is 19.1. The van der Waals surface area contributed by atoms with Gasteiger partial charge >= 0.3 is 6.68 Å². The van der Waals surface area contributed by atoms with Gasteiger partial charge in [0.15, 0.2) is 0 Å². The molecule has 1 unspecified atom stereocenters. The zero-order valence-corrected chi connectivity index (χ0v) is 7.96. The molecule has 0 aliphatic carbocycles. The standard InChI is InChI=1S/C5H8N4S.CHF3/c6-5-8-7-4-1-3(10)2-9(4)5;2-1(3)4/h3,10H,1-2H2,(H2,6,8);1H. The van der Waals surface area contributed by atoms with Gasteiger partial charge in [0, 0.05) is 18.2 Å². The van der Waals surface area contributed by atoms with Crippen LogP contribution in [0, 0.1) is 0 Å². The summed E-state index contributed by atoms with van der Waals surface area (Å²) in [6.45, 7) is -2.82. The fraction of sp³-hybridized carbons (Fsp3) is 0.667. The third kappa shape index (κ3) is 2.79. The number of hydrogen-bond acceptors (Lipinski definition) is 4. The monoisotopic (exact) mass is 226 g/mol. The van der Waals surface area contributed by atoms with Crippen LogP contribution in [0.4, 0.5) is 19.1 Å². The van der Waals surface area contributed by atoms with Crippen molar-refractivity contribution >= 4 is 18.6 Å². The summed E-state index contributed by atoms with van der Waals surface area (Å²) >= 11 is 4.31. The number of hydrogen-bond donors (Lipinski definition) is 2. The van der Waals surface area contributed by atoms with E-state index in [0.29, 0.717) is 11.2 Å². The van der Waals surface area contributed by atoms with Crippen LogP contribution in [-0.4, -0.2) is 26.7 Å². The Labute approximate surface area is 83.7 Å². The van der Waals surface area contributed by atoms with Crippen LogP contribution >= 0.6 is 12.6 Å². The van der Waals surface area contributed by atoms with Gasteiger partial charge in [-0.05, 0) is 0 Å². The van der Waals surface area contributed by atoms with Crippen LogP contribution in [0.5, 0.6) is 0 Å². The van der Waals surface area contributed by atoms with Gasteiger partial charge in [0.05, 0.1) is 0 Å². The summed E-state index contributed by atoms with van der Waals surface area (Å²) in [5.74, 6) is 1.46. The summed E-state index contributed by atoms with van der Waals surface area (Å²) in [5, 5.41) is 7.98. The number of anilines is 1. The predicted octanol–water partition coefficient (Wildman–Crippen LogP) is 0.893. The highest BCUT2D eigenvalue weighted by Gasteiger charge is 2.21. The third-order valence-corrected chi connectivity index (χ3v) is 2.01. The first-order valence-electron chi connectivity index (χ1n) is 3.78. The maximum Gasteiger partial charge on any atom is 0.379 e. The molecule has 2 rings (SSSR count). The van der Waals surface area contributed by atoms with Crippen molar-refractivity contribution in [2.45, 2.75) is 24.9 Å². The van der Waals surface area contributed by atoms with Gasteiger partial charge in [0.1, 0.15) is 5.82 Å². The number of rotatable bonds is 0. The Morgan fingerprint density at radius 3 is 2.50 bits per heavy atom. The van der Waals surface area contributed by atoms with E-state index in [1.165, 1.54) is 0 Å². The van der Waals surface area contributed by atoms with Gasteiger partial charge in [0.2, 0.25) is 5.95 Å². The lowest BCUT2D eigenvalue weighted by Gasteiger charge is -1.97. The van der Waals surface area contributed by atoms with Gasteiger partial charge < -0.3 is 5.73 Å². The number of alkyl halides is 3. The molecule has 1 aromatic heterocycles. The summed E-state index contributed by atoms with van der Waals surface area (Å²) in [7, 11) is 0. The van der Waals surface area contributed by atoms with Gasteiger partial charge in [-0.2, -0.15) is 25.8 Å². The molecule has 1 aliphatic heterocycles. The highest BCUT2D eigenvalue weighted by Crippen LogP contribution is 2.19. The molecule has 1 aliphatic rings. The maximum atomic E-state index is 9.67. The van der Waals surface area contributed by atoms with Gasteiger partial charge in [-0.25, -0.2) is 0 Å². The third-order valence-electron chi connectivity index (χ3n) is 1.67. The van der Waals surface area contributed by atoms with Crippen LogP contribution in [0.3, 0.4) is 0 Å². The average molecular weight is 226 g/mol. The first-order valence-corrected chi connectivity index (χ1v) is 4.30. The molecule has 2 N–H and O–H groups in total. The molecule has 0 radical (unpaired) electrons. The molecular weight excluding hydrogens is 217 g/mol. The highest BCUT2D eigenvalue weighted by molar-refractivity contribution is 7.80. The summed E-state index contributed by atoms with van der Waals surface area (Å²) in [5.41, 5.74) is 5.51. The van der Waals surface area contributed by atoms with E-state index in [0.717, 1.165) is 18.8 Å². The van der Waals surface area contributed by atoms with E-state index >= 15 is 0 Å². The quantitative estimate of drug-likeness (QED) is 0.646. The zero-order valence-electron chi connectivity index (χ0n) is 7.07. The second-order valence-corrected chi connectivity index (χ2v) is 3.42. The molecule has 0 fully saturated rings. The van der Waals surface area contributed by atoms with Crippen molar-refractivity contribution in [3.63, 3.8) is 0 Å². The van der Waals surface area contributed by atoms with Crippen LogP contribution in [-0.2, 0) is 13.0 Å². The molecule has 0 amide bonds. The van der Waals surface area contributed by atoms with Crippen molar-refractivity contribution in [2.75, 3.05) is 5.73 Å². The molecule has 1 atom stereocenters. The van der Waals surface area contributed by atoms with Gasteiger partial charge in [-0.15, -0.1) is 10.2 Å². The number of nitrogens with zero attached hydrogens (tertiary/aromatic N) is 3. The maximum absolute atomic E-state index is 9.67. The van der Waals surface area contributed by atoms with Gasteiger partial charge in [-0.1, -0.05) is 0 Å². The molecule has 80 valence electrons. The van der Waals surface area contributed by atoms with Crippen molar-refractivity contribution in [3.05, 3.63) is 5.82 Å². The smallest absolute Gasteiger partial charge is 0.368 e. The summed E-state index contributed by atoms with van der Waals surface area (Å²) in [6, 6.07) is 0. The Kier molecular flexibility index (Phi) is 3.62. The molecule has 1 aromatic rings. The second kappa shape index (κ2) is 4.54.